The summed E-state index contributed by atoms with van der Waals surface area (Å²) in [5.74, 6) is -0.992. The van der Waals surface area contributed by atoms with Crippen LogP contribution in [0.2, 0.25) is 5.02 Å². The van der Waals surface area contributed by atoms with Crippen molar-refractivity contribution in [1.82, 2.24) is 0 Å². The summed E-state index contributed by atoms with van der Waals surface area (Å²) in [5, 5.41) is 0.327. The molecule has 0 spiro atoms. The molecule has 21 heavy (non-hydrogen) atoms. The first-order valence-electron chi connectivity index (χ1n) is 6.08. The Bertz CT molecular complexity index is 753. The Labute approximate surface area is 133 Å². The third-order valence-electron chi connectivity index (χ3n) is 2.89. The van der Waals surface area contributed by atoms with E-state index in [9.17, 15) is 13.2 Å². The molecule has 0 saturated heterocycles. The highest BCUT2D eigenvalue weighted by Gasteiger charge is 2.20. The standard InChI is InChI=1S/C15H13ClO3S2/c1-20-13-7-5-11(6-8-13)15(17)10-21(18,19)14-4-2-3-12(16)9-14/h2-9H,10H2,1H3. The molecule has 0 N–H and O–H groups in total. The highest BCUT2D eigenvalue weighted by molar-refractivity contribution is 7.98. The average molecular weight is 341 g/mol. The topological polar surface area (TPSA) is 51.2 Å². The van der Waals surface area contributed by atoms with Crippen molar-refractivity contribution in [2.45, 2.75) is 9.79 Å². The molecule has 2 aromatic carbocycles. The van der Waals surface area contributed by atoms with Gasteiger partial charge in [-0.2, -0.15) is 0 Å². The highest BCUT2D eigenvalue weighted by atomic mass is 35.5. The van der Waals surface area contributed by atoms with E-state index in [1.165, 1.54) is 12.1 Å². The lowest BCUT2D eigenvalue weighted by atomic mass is 10.1. The van der Waals surface area contributed by atoms with Gasteiger partial charge < -0.3 is 0 Å². The lowest BCUT2D eigenvalue weighted by Gasteiger charge is -2.05. The van der Waals surface area contributed by atoms with Gasteiger partial charge in [0.05, 0.1) is 4.90 Å². The molecule has 6 heteroatoms. The second-order valence-electron chi connectivity index (χ2n) is 4.37. The van der Waals surface area contributed by atoms with Crippen LogP contribution in [0.15, 0.2) is 58.3 Å². The maximum Gasteiger partial charge on any atom is 0.185 e. The van der Waals surface area contributed by atoms with Crippen LogP contribution in [0.5, 0.6) is 0 Å². The summed E-state index contributed by atoms with van der Waals surface area (Å²) in [5.41, 5.74) is 0.387. The number of carbonyl (C=O) groups excluding carboxylic acids is 1. The molecule has 2 aromatic rings. The summed E-state index contributed by atoms with van der Waals surface area (Å²) >= 11 is 7.34. The van der Waals surface area contributed by atoms with Crippen LogP contribution in [0, 0.1) is 0 Å². The van der Waals surface area contributed by atoms with E-state index in [0.29, 0.717) is 10.6 Å². The van der Waals surface area contributed by atoms with Crippen LogP contribution in [0.3, 0.4) is 0 Å². The maximum atomic E-state index is 12.2. The number of sulfone groups is 1. The third kappa shape index (κ3) is 4.09. The Morgan fingerprint density at radius 1 is 1.14 bits per heavy atom. The number of benzene rings is 2. The summed E-state index contributed by atoms with van der Waals surface area (Å²) in [6.45, 7) is 0. The lowest BCUT2D eigenvalue weighted by molar-refractivity contribution is 0.102. The average Bonchev–Trinajstić information content (AvgIpc) is 2.47. The van der Waals surface area contributed by atoms with Gasteiger partial charge in [0.2, 0.25) is 0 Å². The molecule has 0 amide bonds. The smallest absolute Gasteiger partial charge is 0.185 e. The zero-order valence-corrected chi connectivity index (χ0v) is 13.6. The molecule has 0 radical (unpaired) electrons. The minimum absolute atomic E-state index is 0.0593. The molecule has 0 saturated carbocycles. The summed E-state index contributed by atoms with van der Waals surface area (Å²) < 4.78 is 24.4. The fourth-order valence-corrected chi connectivity index (χ4v) is 3.71. The Morgan fingerprint density at radius 3 is 2.38 bits per heavy atom. The maximum absolute atomic E-state index is 12.2. The Hall–Kier alpha value is -1.30. The zero-order valence-electron chi connectivity index (χ0n) is 11.2. The van der Waals surface area contributed by atoms with E-state index in [0.717, 1.165) is 4.90 Å². The normalized spacial score (nSPS) is 11.3. The molecule has 0 aromatic heterocycles. The predicted molar refractivity (Wildman–Crippen MR) is 86.1 cm³/mol. The molecule has 2 rings (SSSR count). The van der Waals surface area contributed by atoms with E-state index in [4.69, 9.17) is 11.6 Å². The van der Waals surface area contributed by atoms with Gasteiger partial charge in [-0.15, -0.1) is 11.8 Å². The van der Waals surface area contributed by atoms with Crippen LogP contribution < -0.4 is 0 Å². The van der Waals surface area contributed by atoms with Crippen LogP contribution in [0.25, 0.3) is 0 Å². The SMILES string of the molecule is CSc1ccc(C(=O)CS(=O)(=O)c2cccc(Cl)c2)cc1. The largest absolute Gasteiger partial charge is 0.293 e. The van der Waals surface area contributed by atoms with Gasteiger partial charge in [0.25, 0.3) is 0 Å². The first-order valence-corrected chi connectivity index (χ1v) is 9.33. The number of halogens is 1. The second-order valence-corrected chi connectivity index (χ2v) is 7.67. The van der Waals surface area contributed by atoms with Gasteiger partial charge in [0.1, 0.15) is 5.75 Å². The van der Waals surface area contributed by atoms with E-state index in [1.54, 1.807) is 48.2 Å². The third-order valence-corrected chi connectivity index (χ3v) is 5.48. The Kier molecular flexibility index (Phi) is 5.08. The molecule has 3 nitrogen and oxygen atoms in total. The fraction of sp³-hybridized carbons (Fsp3) is 0.133. The molecule has 0 heterocycles. The summed E-state index contributed by atoms with van der Waals surface area (Å²) in [6.07, 6.45) is 1.93. The van der Waals surface area contributed by atoms with Crippen molar-refractivity contribution in [3.8, 4) is 0 Å². The molecule has 0 unspecified atom stereocenters. The van der Waals surface area contributed by atoms with E-state index < -0.39 is 21.4 Å². The summed E-state index contributed by atoms with van der Waals surface area (Å²) in [4.78, 5) is 13.2. The number of Topliss-reactive ketones (excluding diaryl/α,β-unsaturated/α-hetero) is 1. The second kappa shape index (κ2) is 6.64. The van der Waals surface area contributed by atoms with Crippen LogP contribution >= 0.6 is 23.4 Å². The summed E-state index contributed by atoms with van der Waals surface area (Å²) in [6, 6.07) is 12.8. The summed E-state index contributed by atoms with van der Waals surface area (Å²) in [7, 11) is -3.69. The van der Waals surface area contributed by atoms with Gasteiger partial charge in [-0.1, -0.05) is 29.8 Å². The highest BCUT2D eigenvalue weighted by Crippen LogP contribution is 2.19. The molecule has 0 aliphatic rings. The van der Waals surface area contributed by atoms with Gasteiger partial charge in [0.15, 0.2) is 15.6 Å². The Balaban J connectivity index is 2.21. The van der Waals surface area contributed by atoms with Crippen LogP contribution in [-0.4, -0.2) is 26.2 Å². The van der Waals surface area contributed by atoms with Crippen molar-refractivity contribution >= 4 is 39.0 Å². The van der Waals surface area contributed by atoms with Crippen molar-refractivity contribution in [3.63, 3.8) is 0 Å². The minimum atomic E-state index is -3.69. The zero-order chi connectivity index (χ0) is 15.5. The lowest BCUT2D eigenvalue weighted by Crippen LogP contribution is -2.16. The van der Waals surface area contributed by atoms with Crippen LogP contribution in [-0.2, 0) is 9.84 Å². The quantitative estimate of drug-likeness (QED) is 0.615. The van der Waals surface area contributed by atoms with E-state index in [-0.39, 0.29) is 4.90 Å². The minimum Gasteiger partial charge on any atom is -0.293 e. The Morgan fingerprint density at radius 2 is 1.81 bits per heavy atom. The molecular formula is C15H13ClO3S2. The van der Waals surface area contributed by atoms with E-state index >= 15 is 0 Å². The van der Waals surface area contributed by atoms with E-state index in [2.05, 4.69) is 0 Å². The van der Waals surface area contributed by atoms with Gasteiger partial charge >= 0.3 is 0 Å². The van der Waals surface area contributed by atoms with E-state index in [1.807, 2.05) is 6.26 Å². The van der Waals surface area contributed by atoms with Crippen molar-refractivity contribution < 1.29 is 13.2 Å². The van der Waals surface area contributed by atoms with Crippen molar-refractivity contribution in [3.05, 3.63) is 59.1 Å². The van der Waals surface area contributed by atoms with Crippen molar-refractivity contribution in [2.75, 3.05) is 12.0 Å². The number of hydrogen-bond acceptors (Lipinski definition) is 4. The fourth-order valence-electron chi connectivity index (χ4n) is 1.78. The molecule has 0 atom stereocenters. The van der Waals surface area contributed by atoms with Gasteiger partial charge in [-0.05, 0) is 36.6 Å². The number of carbonyl (C=O) groups is 1. The molecule has 0 aliphatic heterocycles. The number of thioether (sulfide) groups is 1. The molecule has 0 aliphatic carbocycles. The van der Waals surface area contributed by atoms with Crippen LogP contribution in [0.4, 0.5) is 0 Å². The number of rotatable bonds is 5. The van der Waals surface area contributed by atoms with Gasteiger partial charge in [0, 0.05) is 15.5 Å². The molecule has 110 valence electrons. The van der Waals surface area contributed by atoms with Crippen molar-refractivity contribution in [1.29, 1.82) is 0 Å². The first kappa shape index (κ1) is 16.1. The predicted octanol–water partition coefficient (Wildman–Crippen LogP) is 3.72. The molecule has 0 bridgehead atoms. The molecule has 0 fully saturated rings. The first-order chi connectivity index (χ1) is 9.92. The van der Waals surface area contributed by atoms with Gasteiger partial charge in [-0.3, -0.25) is 4.79 Å². The van der Waals surface area contributed by atoms with Crippen molar-refractivity contribution in [2.24, 2.45) is 0 Å². The van der Waals surface area contributed by atoms with Gasteiger partial charge in [-0.25, -0.2) is 8.42 Å². The number of hydrogen-bond donors (Lipinski definition) is 0. The number of ketones is 1. The monoisotopic (exact) mass is 340 g/mol. The van der Waals surface area contributed by atoms with Crippen LogP contribution in [0.1, 0.15) is 10.4 Å². The molecular weight excluding hydrogens is 328 g/mol.